The van der Waals surface area contributed by atoms with Crippen molar-refractivity contribution in [3.8, 4) is 5.75 Å². The minimum atomic E-state index is -5.13. The summed E-state index contributed by atoms with van der Waals surface area (Å²) in [5, 5.41) is 23.6. The SMILES string of the molecule is C[C@@H]1C[C@](O)(C(F)(F)F)[C@@H](Nc2cc(F)cc3[nH]c(=O)ccc23)c2cc(F)cc(O)c21. The molecule has 1 aliphatic rings. The number of halogens is 5. The van der Waals surface area contributed by atoms with Gasteiger partial charge in [-0.25, -0.2) is 8.78 Å². The molecule has 0 radical (unpaired) electrons. The van der Waals surface area contributed by atoms with Crippen molar-refractivity contribution in [2.45, 2.75) is 37.1 Å². The first-order valence-corrected chi connectivity index (χ1v) is 9.31. The molecule has 4 rings (SSSR count). The van der Waals surface area contributed by atoms with E-state index in [2.05, 4.69) is 10.3 Å². The fourth-order valence-corrected chi connectivity index (χ4v) is 4.33. The molecule has 0 fully saturated rings. The van der Waals surface area contributed by atoms with E-state index in [9.17, 15) is 37.0 Å². The van der Waals surface area contributed by atoms with Crippen molar-refractivity contribution in [1.82, 2.24) is 4.98 Å². The van der Waals surface area contributed by atoms with Gasteiger partial charge in [-0.1, -0.05) is 6.92 Å². The molecule has 164 valence electrons. The molecule has 31 heavy (non-hydrogen) atoms. The van der Waals surface area contributed by atoms with Crippen molar-refractivity contribution in [1.29, 1.82) is 0 Å². The Morgan fingerprint density at radius 2 is 1.81 bits per heavy atom. The molecule has 4 N–H and O–H groups in total. The van der Waals surface area contributed by atoms with Gasteiger partial charge in [0, 0.05) is 28.8 Å². The van der Waals surface area contributed by atoms with E-state index >= 15 is 0 Å². The number of fused-ring (bicyclic) bond motifs is 2. The van der Waals surface area contributed by atoms with Crippen molar-refractivity contribution in [3.63, 3.8) is 0 Å². The predicted octanol–water partition coefficient (Wildman–Crippen LogP) is 4.47. The van der Waals surface area contributed by atoms with Crippen molar-refractivity contribution in [3.05, 3.63) is 69.5 Å². The Hall–Kier alpha value is -3.14. The molecule has 0 saturated heterocycles. The highest BCUT2D eigenvalue weighted by Gasteiger charge is 2.62. The average Bonchev–Trinajstić information content (AvgIpc) is 2.62. The van der Waals surface area contributed by atoms with Crippen molar-refractivity contribution in [2.24, 2.45) is 0 Å². The molecule has 0 aliphatic heterocycles. The number of alkyl halides is 3. The highest BCUT2D eigenvalue weighted by atomic mass is 19.4. The van der Waals surface area contributed by atoms with Crippen LogP contribution in [0.4, 0.5) is 27.6 Å². The number of aromatic nitrogens is 1. The highest BCUT2D eigenvalue weighted by molar-refractivity contribution is 5.91. The number of phenolic OH excluding ortho intramolecular Hbond substituents is 1. The van der Waals surface area contributed by atoms with Gasteiger partial charge in [-0.3, -0.25) is 4.79 Å². The predicted molar refractivity (Wildman–Crippen MR) is 103 cm³/mol. The van der Waals surface area contributed by atoms with Crippen LogP contribution in [-0.2, 0) is 0 Å². The van der Waals surface area contributed by atoms with Crippen LogP contribution in [0, 0.1) is 11.6 Å². The summed E-state index contributed by atoms with van der Waals surface area (Å²) in [5.41, 5.74) is -4.25. The second kappa shape index (κ2) is 6.94. The van der Waals surface area contributed by atoms with E-state index in [1.165, 1.54) is 13.0 Å². The summed E-state index contributed by atoms with van der Waals surface area (Å²) in [6.07, 6.45) is -5.94. The second-order valence-electron chi connectivity index (χ2n) is 7.77. The zero-order valence-electron chi connectivity index (χ0n) is 16.0. The van der Waals surface area contributed by atoms with Crippen LogP contribution in [-0.4, -0.2) is 27.0 Å². The zero-order valence-corrected chi connectivity index (χ0v) is 16.0. The number of nitrogens with one attached hydrogen (secondary N) is 2. The number of aromatic hydroxyl groups is 1. The number of aliphatic hydroxyl groups is 1. The van der Waals surface area contributed by atoms with E-state index in [0.717, 1.165) is 30.3 Å². The Kier molecular flexibility index (Phi) is 4.73. The van der Waals surface area contributed by atoms with E-state index in [1.54, 1.807) is 0 Å². The molecular weight excluding hydrogens is 423 g/mol. The Morgan fingerprint density at radius 3 is 2.48 bits per heavy atom. The number of anilines is 1. The van der Waals surface area contributed by atoms with Gasteiger partial charge in [0.25, 0.3) is 0 Å². The summed E-state index contributed by atoms with van der Waals surface area (Å²) in [6, 6.07) is 3.95. The summed E-state index contributed by atoms with van der Waals surface area (Å²) in [7, 11) is 0. The van der Waals surface area contributed by atoms with Crippen LogP contribution in [0.1, 0.15) is 36.4 Å². The normalized spacial score (nSPS) is 23.6. The molecule has 3 aromatic rings. The van der Waals surface area contributed by atoms with Crippen LogP contribution in [0.3, 0.4) is 0 Å². The van der Waals surface area contributed by atoms with Gasteiger partial charge in [0.05, 0.1) is 11.6 Å². The van der Waals surface area contributed by atoms with E-state index < -0.39 is 53.1 Å². The third-order valence-electron chi connectivity index (χ3n) is 5.65. The van der Waals surface area contributed by atoms with E-state index in [4.69, 9.17) is 0 Å². The molecule has 0 saturated carbocycles. The summed E-state index contributed by atoms with van der Waals surface area (Å²) < 4.78 is 70.3. The first-order chi connectivity index (χ1) is 14.4. The molecule has 0 bridgehead atoms. The Balaban J connectivity index is 1.96. The Bertz CT molecular complexity index is 1240. The van der Waals surface area contributed by atoms with Gasteiger partial charge in [0.2, 0.25) is 5.56 Å². The van der Waals surface area contributed by atoms with E-state index in [0.29, 0.717) is 0 Å². The molecule has 0 spiro atoms. The van der Waals surface area contributed by atoms with E-state index in [-0.39, 0.29) is 27.7 Å². The number of H-pyrrole nitrogens is 1. The van der Waals surface area contributed by atoms with Crippen LogP contribution in [0.25, 0.3) is 10.9 Å². The maximum Gasteiger partial charge on any atom is 0.419 e. The number of aromatic amines is 1. The number of phenols is 1. The van der Waals surface area contributed by atoms with Gasteiger partial charge in [-0.15, -0.1) is 0 Å². The molecule has 10 heteroatoms. The summed E-state index contributed by atoms with van der Waals surface area (Å²) in [6.45, 7) is 1.38. The second-order valence-corrected chi connectivity index (χ2v) is 7.77. The monoisotopic (exact) mass is 440 g/mol. The maximum absolute atomic E-state index is 14.1. The highest BCUT2D eigenvalue weighted by Crippen LogP contribution is 2.54. The molecule has 1 heterocycles. The van der Waals surface area contributed by atoms with Gasteiger partial charge in [0.1, 0.15) is 17.4 Å². The average molecular weight is 440 g/mol. The fraction of sp³-hybridized carbons (Fsp3) is 0.286. The maximum atomic E-state index is 14.1. The van der Waals surface area contributed by atoms with Crippen LogP contribution in [0.15, 0.2) is 41.2 Å². The largest absolute Gasteiger partial charge is 0.508 e. The molecule has 2 aromatic carbocycles. The van der Waals surface area contributed by atoms with Gasteiger partial charge in [-0.2, -0.15) is 13.2 Å². The lowest BCUT2D eigenvalue weighted by Gasteiger charge is -2.45. The quantitative estimate of drug-likeness (QED) is 0.443. The number of hydrogen-bond donors (Lipinski definition) is 4. The molecular formula is C21H17F5N2O3. The zero-order chi connectivity index (χ0) is 22.7. The topological polar surface area (TPSA) is 85.4 Å². The fourth-order valence-electron chi connectivity index (χ4n) is 4.33. The van der Waals surface area contributed by atoms with Crippen molar-refractivity contribution < 1.29 is 32.2 Å². The minimum Gasteiger partial charge on any atom is -0.508 e. The molecule has 1 aromatic heterocycles. The summed E-state index contributed by atoms with van der Waals surface area (Å²) >= 11 is 0. The van der Waals surface area contributed by atoms with Gasteiger partial charge >= 0.3 is 6.18 Å². The lowest BCUT2D eigenvalue weighted by atomic mass is 9.70. The Morgan fingerprint density at radius 1 is 1.13 bits per heavy atom. The lowest BCUT2D eigenvalue weighted by molar-refractivity contribution is -0.272. The third-order valence-corrected chi connectivity index (χ3v) is 5.65. The molecule has 0 amide bonds. The van der Waals surface area contributed by atoms with Crippen molar-refractivity contribution >= 4 is 16.6 Å². The molecule has 1 aliphatic carbocycles. The number of hydrogen-bond acceptors (Lipinski definition) is 4. The number of pyridine rings is 1. The molecule has 5 nitrogen and oxygen atoms in total. The lowest BCUT2D eigenvalue weighted by Crippen LogP contribution is -2.55. The smallest absolute Gasteiger partial charge is 0.419 e. The van der Waals surface area contributed by atoms with Crippen LogP contribution >= 0.6 is 0 Å². The Labute approximate surface area is 172 Å². The minimum absolute atomic E-state index is 0.0250. The van der Waals surface area contributed by atoms with Crippen molar-refractivity contribution in [2.75, 3.05) is 5.32 Å². The first-order valence-electron chi connectivity index (χ1n) is 9.31. The van der Waals surface area contributed by atoms with Gasteiger partial charge in [-0.05, 0) is 42.2 Å². The number of benzene rings is 2. The molecule has 0 unspecified atom stereocenters. The number of rotatable bonds is 2. The first kappa shape index (κ1) is 21.1. The molecule has 3 atom stereocenters. The van der Waals surface area contributed by atoms with E-state index in [1.807, 2.05) is 0 Å². The van der Waals surface area contributed by atoms with Gasteiger partial charge < -0.3 is 20.5 Å². The standard InChI is InChI=1S/C21H17F5N2O3/c1-9-8-20(31,21(24,25)26)19(13-4-10(22)7-16(29)18(9)13)28-15-6-11(23)5-14-12(15)2-3-17(30)27-14/h2-7,9,19,28-29,31H,8H2,1H3,(H,27,30)/t9-,19+,20-/m1/s1. The van der Waals surface area contributed by atoms with Gasteiger partial charge in [0.15, 0.2) is 5.60 Å². The van der Waals surface area contributed by atoms with Crippen LogP contribution < -0.4 is 10.9 Å². The third kappa shape index (κ3) is 3.40. The summed E-state index contributed by atoms with van der Waals surface area (Å²) in [5.74, 6) is -3.32. The van der Waals surface area contributed by atoms with Crippen LogP contribution in [0.5, 0.6) is 5.75 Å². The summed E-state index contributed by atoms with van der Waals surface area (Å²) in [4.78, 5) is 13.9. The van der Waals surface area contributed by atoms with Crippen LogP contribution in [0.2, 0.25) is 0 Å².